The summed E-state index contributed by atoms with van der Waals surface area (Å²) in [5.41, 5.74) is 2.87. The highest BCUT2D eigenvalue weighted by Crippen LogP contribution is 2.20. The van der Waals surface area contributed by atoms with Crippen LogP contribution in [-0.2, 0) is 11.3 Å². The number of aromatic nitrogens is 4. The van der Waals surface area contributed by atoms with Crippen LogP contribution in [0.5, 0.6) is 11.5 Å². The molecule has 1 N–H and O–H groups in total. The molecule has 2 heterocycles. The fourth-order valence-electron chi connectivity index (χ4n) is 3.12. The van der Waals surface area contributed by atoms with Gasteiger partial charge in [-0.3, -0.25) is 4.79 Å². The third kappa shape index (κ3) is 4.80. The first-order chi connectivity index (χ1) is 15.1. The molecule has 4 aromatic rings. The summed E-state index contributed by atoms with van der Waals surface area (Å²) in [5, 5.41) is 7.12. The van der Waals surface area contributed by atoms with E-state index >= 15 is 0 Å². The Morgan fingerprint density at radius 3 is 2.52 bits per heavy atom. The summed E-state index contributed by atoms with van der Waals surface area (Å²) in [6.07, 6.45) is 2.57. The van der Waals surface area contributed by atoms with Gasteiger partial charge in [-0.2, -0.15) is 14.6 Å². The number of hydrogen-bond donors (Lipinski definition) is 1. The SMILES string of the molecule is CCOc1ccc(OC(C)C(=O)NCc2ccc(-c3ccnc4ncnn34)cc2)cc1. The van der Waals surface area contributed by atoms with Crippen LogP contribution in [0.1, 0.15) is 19.4 Å². The number of carbonyl (C=O) groups excluding carboxylic acids is 1. The third-order valence-electron chi connectivity index (χ3n) is 4.71. The highest BCUT2D eigenvalue weighted by atomic mass is 16.5. The summed E-state index contributed by atoms with van der Waals surface area (Å²) in [4.78, 5) is 20.7. The maximum absolute atomic E-state index is 12.4. The van der Waals surface area contributed by atoms with Gasteiger partial charge in [0.1, 0.15) is 17.8 Å². The Kier molecular flexibility index (Phi) is 6.07. The molecule has 0 spiro atoms. The number of benzene rings is 2. The van der Waals surface area contributed by atoms with Gasteiger partial charge in [-0.05, 0) is 49.7 Å². The first-order valence-electron chi connectivity index (χ1n) is 10.1. The zero-order valence-electron chi connectivity index (χ0n) is 17.4. The second-order valence-corrected chi connectivity index (χ2v) is 6.88. The Balaban J connectivity index is 1.33. The third-order valence-corrected chi connectivity index (χ3v) is 4.71. The number of hydrogen-bond acceptors (Lipinski definition) is 6. The van der Waals surface area contributed by atoms with E-state index in [9.17, 15) is 4.79 Å². The lowest BCUT2D eigenvalue weighted by Crippen LogP contribution is -2.35. The normalized spacial score (nSPS) is 11.8. The van der Waals surface area contributed by atoms with E-state index < -0.39 is 6.10 Å². The summed E-state index contributed by atoms with van der Waals surface area (Å²) in [6.45, 7) is 4.67. The first kappa shape index (κ1) is 20.3. The van der Waals surface area contributed by atoms with Crippen molar-refractivity contribution >= 4 is 11.7 Å². The minimum absolute atomic E-state index is 0.184. The fraction of sp³-hybridized carbons (Fsp3) is 0.217. The van der Waals surface area contributed by atoms with E-state index in [0.29, 0.717) is 24.7 Å². The molecule has 0 aliphatic heterocycles. The zero-order chi connectivity index (χ0) is 21.6. The van der Waals surface area contributed by atoms with E-state index in [-0.39, 0.29) is 5.91 Å². The van der Waals surface area contributed by atoms with Crippen LogP contribution in [0.25, 0.3) is 17.0 Å². The molecule has 0 aliphatic rings. The van der Waals surface area contributed by atoms with Crippen LogP contribution >= 0.6 is 0 Å². The van der Waals surface area contributed by atoms with E-state index in [4.69, 9.17) is 9.47 Å². The van der Waals surface area contributed by atoms with Crippen molar-refractivity contribution < 1.29 is 14.3 Å². The first-order valence-corrected chi connectivity index (χ1v) is 10.1. The smallest absolute Gasteiger partial charge is 0.261 e. The van der Waals surface area contributed by atoms with Crippen molar-refractivity contribution in [2.24, 2.45) is 0 Å². The summed E-state index contributed by atoms with van der Waals surface area (Å²) in [6, 6.07) is 17.0. The van der Waals surface area contributed by atoms with E-state index in [1.165, 1.54) is 6.33 Å². The maximum atomic E-state index is 12.4. The largest absolute Gasteiger partial charge is 0.494 e. The van der Waals surface area contributed by atoms with Crippen LogP contribution in [0, 0.1) is 0 Å². The van der Waals surface area contributed by atoms with Crippen molar-refractivity contribution in [2.75, 3.05) is 6.61 Å². The number of nitrogens with zero attached hydrogens (tertiary/aromatic N) is 4. The summed E-state index contributed by atoms with van der Waals surface area (Å²) < 4.78 is 12.8. The molecule has 0 radical (unpaired) electrons. The number of carbonyl (C=O) groups is 1. The molecule has 0 fully saturated rings. The Morgan fingerprint density at radius 2 is 1.77 bits per heavy atom. The van der Waals surface area contributed by atoms with E-state index in [1.807, 2.05) is 49.4 Å². The van der Waals surface area contributed by atoms with Crippen molar-refractivity contribution in [3.8, 4) is 22.8 Å². The number of nitrogens with one attached hydrogen (secondary N) is 1. The Labute approximate surface area is 179 Å². The average Bonchev–Trinajstić information content (AvgIpc) is 3.28. The van der Waals surface area contributed by atoms with Crippen LogP contribution in [0.4, 0.5) is 0 Å². The molecule has 0 aliphatic carbocycles. The summed E-state index contributed by atoms with van der Waals surface area (Å²) >= 11 is 0. The molecule has 1 atom stereocenters. The van der Waals surface area contributed by atoms with Gasteiger partial charge in [-0.1, -0.05) is 24.3 Å². The van der Waals surface area contributed by atoms with Crippen molar-refractivity contribution in [1.29, 1.82) is 0 Å². The maximum Gasteiger partial charge on any atom is 0.261 e. The minimum Gasteiger partial charge on any atom is -0.494 e. The van der Waals surface area contributed by atoms with E-state index in [1.54, 1.807) is 29.8 Å². The highest BCUT2D eigenvalue weighted by Gasteiger charge is 2.14. The molecule has 31 heavy (non-hydrogen) atoms. The number of amides is 1. The molecule has 0 saturated heterocycles. The van der Waals surface area contributed by atoms with Gasteiger partial charge < -0.3 is 14.8 Å². The van der Waals surface area contributed by atoms with Crippen molar-refractivity contribution in [3.63, 3.8) is 0 Å². The van der Waals surface area contributed by atoms with Crippen LogP contribution in [0.2, 0.25) is 0 Å². The molecule has 2 aromatic heterocycles. The zero-order valence-corrected chi connectivity index (χ0v) is 17.4. The minimum atomic E-state index is -0.616. The quantitative estimate of drug-likeness (QED) is 0.473. The average molecular weight is 417 g/mol. The summed E-state index contributed by atoms with van der Waals surface area (Å²) in [7, 11) is 0. The van der Waals surface area contributed by atoms with Crippen molar-refractivity contribution in [1.82, 2.24) is 24.9 Å². The predicted octanol–water partition coefficient (Wildman–Crippen LogP) is 3.27. The van der Waals surface area contributed by atoms with Crippen LogP contribution in [0.3, 0.4) is 0 Å². The summed E-state index contributed by atoms with van der Waals surface area (Å²) in [5.74, 6) is 1.76. The Hall–Kier alpha value is -3.94. The second kappa shape index (κ2) is 9.25. The van der Waals surface area contributed by atoms with Gasteiger partial charge >= 0.3 is 0 Å². The molecule has 1 unspecified atom stereocenters. The molecule has 1 amide bonds. The molecular weight excluding hydrogens is 394 g/mol. The number of ether oxygens (including phenoxy) is 2. The van der Waals surface area contributed by atoms with Gasteiger partial charge in [-0.25, -0.2) is 4.98 Å². The van der Waals surface area contributed by atoms with Crippen molar-refractivity contribution in [2.45, 2.75) is 26.5 Å². The van der Waals surface area contributed by atoms with E-state index in [2.05, 4.69) is 20.4 Å². The molecule has 0 bridgehead atoms. The molecular formula is C23H23N5O3. The van der Waals surface area contributed by atoms with Gasteiger partial charge in [0.25, 0.3) is 11.7 Å². The molecule has 158 valence electrons. The molecule has 8 nitrogen and oxygen atoms in total. The molecule has 2 aromatic carbocycles. The van der Waals surface area contributed by atoms with Gasteiger partial charge in [0, 0.05) is 18.3 Å². The van der Waals surface area contributed by atoms with E-state index in [0.717, 1.165) is 22.6 Å². The Bertz CT molecular complexity index is 1160. The van der Waals surface area contributed by atoms with Crippen LogP contribution in [-0.4, -0.2) is 38.2 Å². The van der Waals surface area contributed by atoms with Crippen LogP contribution in [0.15, 0.2) is 67.1 Å². The highest BCUT2D eigenvalue weighted by molar-refractivity contribution is 5.80. The van der Waals surface area contributed by atoms with Gasteiger partial charge in [0.05, 0.1) is 12.3 Å². The Morgan fingerprint density at radius 1 is 1.03 bits per heavy atom. The topological polar surface area (TPSA) is 90.6 Å². The standard InChI is InChI=1S/C23H23N5O3/c1-3-30-19-8-10-20(11-9-19)31-16(2)22(29)25-14-17-4-6-18(7-5-17)21-12-13-24-23-26-15-27-28(21)23/h4-13,15-16H,3,14H2,1-2H3,(H,25,29). The second-order valence-electron chi connectivity index (χ2n) is 6.88. The fourth-order valence-corrected chi connectivity index (χ4v) is 3.12. The lowest BCUT2D eigenvalue weighted by Gasteiger charge is -2.15. The van der Waals surface area contributed by atoms with Gasteiger partial charge in [-0.15, -0.1) is 0 Å². The number of rotatable bonds is 8. The molecule has 0 saturated carbocycles. The van der Waals surface area contributed by atoms with Gasteiger partial charge in [0.15, 0.2) is 6.10 Å². The molecule has 4 rings (SSSR count). The van der Waals surface area contributed by atoms with Gasteiger partial charge in [0.2, 0.25) is 0 Å². The number of fused-ring (bicyclic) bond motifs is 1. The lowest BCUT2D eigenvalue weighted by atomic mass is 10.1. The van der Waals surface area contributed by atoms with Crippen LogP contribution < -0.4 is 14.8 Å². The monoisotopic (exact) mass is 417 g/mol. The molecule has 8 heteroatoms. The van der Waals surface area contributed by atoms with Crippen molar-refractivity contribution in [3.05, 3.63) is 72.7 Å². The lowest BCUT2D eigenvalue weighted by molar-refractivity contribution is -0.127. The predicted molar refractivity (Wildman–Crippen MR) is 116 cm³/mol.